The molecule has 1 aromatic carbocycles. The Morgan fingerprint density at radius 1 is 1.36 bits per heavy atom. The number of benzene rings is 1. The molecule has 22 heavy (non-hydrogen) atoms. The van der Waals surface area contributed by atoms with Gasteiger partial charge in [0.25, 0.3) is 5.91 Å². The zero-order chi connectivity index (χ0) is 16.1. The van der Waals surface area contributed by atoms with Crippen LogP contribution in [0.4, 0.5) is 5.69 Å². The molecule has 1 aromatic rings. The second-order valence-corrected chi connectivity index (χ2v) is 6.39. The Morgan fingerprint density at radius 3 is 2.77 bits per heavy atom. The average molecular weight is 366 g/mol. The molecule has 0 unspecified atom stereocenters. The Bertz CT molecular complexity index is 598. The normalized spacial score (nSPS) is 18.6. The minimum atomic E-state index is -0.813. The minimum absolute atomic E-state index is 0.133. The predicted octanol–water partition coefficient (Wildman–Crippen LogP) is 3.98. The lowest BCUT2D eigenvalue weighted by Crippen LogP contribution is -2.32. The van der Waals surface area contributed by atoms with Gasteiger partial charge in [-0.1, -0.05) is 18.2 Å². The number of ether oxygens (including phenoxy) is 1. The van der Waals surface area contributed by atoms with Crippen LogP contribution >= 0.6 is 15.9 Å². The summed E-state index contributed by atoms with van der Waals surface area (Å²) >= 11 is 3.41. The monoisotopic (exact) mass is 365 g/mol. The molecule has 0 spiro atoms. The van der Waals surface area contributed by atoms with Crippen molar-refractivity contribution in [1.82, 2.24) is 0 Å². The molecule has 0 radical (unpaired) electrons. The number of carbonyl (C=O) groups is 2. The molecule has 1 N–H and O–H groups in total. The van der Waals surface area contributed by atoms with Crippen LogP contribution in [0.1, 0.15) is 31.7 Å². The maximum Gasteiger partial charge on any atom is 0.310 e. The fourth-order valence-corrected chi connectivity index (χ4v) is 2.88. The first-order chi connectivity index (χ1) is 10.5. The van der Waals surface area contributed by atoms with E-state index in [0.717, 1.165) is 22.9 Å². The average Bonchev–Trinajstić information content (AvgIpc) is 2.50. The molecule has 0 bridgehead atoms. The second kappa shape index (κ2) is 7.58. The molecular weight excluding hydrogens is 346 g/mol. The highest BCUT2D eigenvalue weighted by Gasteiger charge is 2.25. The highest BCUT2D eigenvalue weighted by molar-refractivity contribution is 9.10. The quantitative estimate of drug-likeness (QED) is 0.648. The van der Waals surface area contributed by atoms with Crippen molar-refractivity contribution in [2.24, 2.45) is 5.92 Å². The molecule has 0 saturated heterocycles. The van der Waals surface area contributed by atoms with Crippen molar-refractivity contribution in [2.75, 3.05) is 5.32 Å². The van der Waals surface area contributed by atoms with Crippen LogP contribution < -0.4 is 5.32 Å². The van der Waals surface area contributed by atoms with E-state index in [1.807, 2.05) is 31.2 Å². The van der Waals surface area contributed by atoms with Crippen molar-refractivity contribution in [1.29, 1.82) is 0 Å². The molecule has 1 amide bonds. The lowest BCUT2D eigenvalue weighted by atomic mass is 9.95. The number of aryl methyl sites for hydroxylation is 1. The molecule has 0 saturated carbocycles. The highest BCUT2D eigenvalue weighted by atomic mass is 79.9. The number of hydrogen-bond acceptors (Lipinski definition) is 3. The van der Waals surface area contributed by atoms with Crippen LogP contribution in [-0.2, 0) is 14.3 Å². The summed E-state index contributed by atoms with van der Waals surface area (Å²) < 4.78 is 6.09. The molecule has 0 fully saturated rings. The van der Waals surface area contributed by atoms with E-state index in [2.05, 4.69) is 27.3 Å². The van der Waals surface area contributed by atoms with E-state index in [-0.39, 0.29) is 17.8 Å². The molecule has 2 rings (SSSR count). The van der Waals surface area contributed by atoms with E-state index in [1.165, 1.54) is 0 Å². The molecule has 4 nitrogen and oxygen atoms in total. The zero-order valence-corrected chi connectivity index (χ0v) is 14.4. The number of esters is 1. The van der Waals surface area contributed by atoms with Gasteiger partial charge < -0.3 is 10.1 Å². The minimum Gasteiger partial charge on any atom is -0.452 e. The Morgan fingerprint density at radius 2 is 2.14 bits per heavy atom. The number of rotatable bonds is 4. The summed E-state index contributed by atoms with van der Waals surface area (Å²) in [4.78, 5) is 24.2. The van der Waals surface area contributed by atoms with Crippen molar-refractivity contribution < 1.29 is 14.3 Å². The Kier molecular flexibility index (Phi) is 5.77. The molecule has 0 heterocycles. The summed E-state index contributed by atoms with van der Waals surface area (Å²) in [6, 6.07) is 5.64. The number of hydrogen-bond donors (Lipinski definition) is 1. The first-order valence-corrected chi connectivity index (χ1v) is 8.19. The van der Waals surface area contributed by atoms with E-state index >= 15 is 0 Å². The van der Waals surface area contributed by atoms with Gasteiger partial charge in [0.15, 0.2) is 6.10 Å². The van der Waals surface area contributed by atoms with Crippen LogP contribution in [0, 0.1) is 12.8 Å². The van der Waals surface area contributed by atoms with Crippen molar-refractivity contribution in [3.8, 4) is 0 Å². The number of amides is 1. The summed E-state index contributed by atoms with van der Waals surface area (Å²) in [5.74, 6) is -0.759. The standard InChI is InChI=1S/C17H20BrNO3/c1-11-8-9-15(14(18)10-11)19-16(20)12(2)22-17(21)13-6-4-3-5-7-13/h3-4,8-10,12-13H,5-7H2,1-2H3,(H,19,20)/t12-,13-/m1/s1. The van der Waals surface area contributed by atoms with Gasteiger partial charge in [0.05, 0.1) is 11.6 Å². The molecule has 118 valence electrons. The van der Waals surface area contributed by atoms with Gasteiger partial charge in [-0.2, -0.15) is 0 Å². The van der Waals surface area contributed by atoms with Crippen LogP contribution in [0.2, 0.25) is 0 Å². The summed E-state index contributed by atoms with van der Waals surface area (Å²) in [5.41, 5.74) is 1.76. The smallest absolute Gasteiger partial charge is 0.310 e. The van der Waals surface area contributed by atoms with Crippen molar-refractivity contribution >= 4 is 33.5 Å². The maximum atomic E-state index is 12.1. The Balaban J connectivity index is 1.91. The molecule has 0 aromatic heterocycles. The SMILES string of the molecule is Cc1ccc(NC(=O)[C@@H](C)OC(=O)[C@@H]2CC=CCC2)c(Br)c1. The Hall–Kier alpha value is -1.62. The van der Waals surface area contributed by atoms with Gasteiger partial charge in [-0.15, -0.1) is 0 Å². The van der Waals surface area contributed by atoms with Crippen molar-refractivity contribution in [2.45, 2.75) is 39.2 Å². The fraction of sp³-hybridized carbons (Fsp3) is 0.412. The van der Waals surface area contributed by atoms with Gasteiger partial charge in [0.1, 0.15) is 0 Å². The van der Waals surface area contributed by atoms with Crippen LogP contribution in [-0.4, -0.2) is 18.0 Å². The van der Waals surface area contributed by atoms with Gasteiger partial charge in [-0.05, 0) is 66.7 Å². The summed E-state index contributed by atoms with van der Waals surface area (Å²) in [7, 11) is 0. The lowest BCUT2D eigenvalue weighted by molar-refractivity contribution is -0.157. The summed E-state index contributed by atoms with van der Waals surface area (Å²) in [5, 5.41) is 2.77. The third-order valence-corrected chi connectivity index (χ3v) is 4.30. The molecule has 2 atom stereocenters. The molecule has 5 heteroatoms. The number of anilines is 1. The maximum absolute atomic E-state index is 12.1. The van der Waals surface area contributed by atoms with Gasteiger partial charge in [-0.3, -0.25) is 9.59 Å². The lowest BCUT2D eigenvalue weighted by Gasteiger charge is -2.20. The van der Waals surface area contributed by atoms with E-state index in [4.69, 9.17) is 4.74 Å². The third-order valence-electron chi connectivity index (χ3n) is 3.65. The van der Waals surface area contributed by atoms with E-state index in [1.54, 1.807) is 6.92 Å². The highest BCUT2D eigenvalue weighted by Crippen LogP contribution is 2.24. The van der Waals surface area contributed by atoms with Crippen molar-refractivity contribution in [3.63, 3.8) is 0 Å². The first-order valence-electron chi connectivity index (χ1n) is 7.40. The molecular formula is C17H20BrNO3. The number of carbonyl (C=O) groups excluding carboxylic acids is 2. The van der Waals surface area contributed by atoms with E-state index in [9.17, 15) is 9.59 Å². The van der Waals surface area contributed by atoms with Crippen molar-refractivity contribution in [3.05, 3.63) is 40.4 Å². The predicted molar refractivity (Wildman–Crippen MR) is 89.5 cm³/mol. The largest absolute Gasteiger partial charge is 0.452 e. The zero-order valence-electron chi connectivity index (χ0n) is 12.8. The summed E-state index contributed by atoms with van der Waals surface area (Å²) in [6.45, 7) is 3.56. The topological polar surface area (TPSA) is 55.4 Å². The van der Waals surface area contributed by atoms with Gasteiger partial charge in [0.2, 0.25) is 0 Å². The van der Waals surface area contributed by atoms with Gasteiger partial charge >= 0.3 is 5.97 Å². The fourth-order valence-electron chi connectivity index (χ4n) is 2.29. The molecule has 0 aliphatic heterocycles. The van der Waals surface area contributed by atoms with Crippen LogP contribution in [0.15, 0.2) is 34.8 Å². The van der Waals surface area contributed by atoms with Gasteiger partial charge in [-0.25, -0.2) is 0 Å². The van der Waals surface area contributed by atoms with E-state index in [0.29, 0.717) is 12.1 Å². The summed E-state index contributed by atoms with van der Waals surface area (Å²) in [6.07, 6.45) is 5.60. The number of nitrogens with one attached hydrogen (secondary N) is 1. The Labute approximate surface area is 139 Å². The van der Waals surface area contributed by atoms with Gasteiger partial charge in [0, 0.05) is 4.47 Å². The first kappa shape index (κ1) is 16.7. The third kappa shape index (κ3) is 4.44. The second-order valence-electron chi connectivity index (χ2n) is 5.53. The number of halogens is 1. The van der Waals surface area contributed by atoms with Crippen LogP contribution in [0.5, 0.6) is 0 Å². The molecule has 1 aliphatic rings. The molecule has 1 aliphatic carbocycles. The van der Waals surface area contributed by atoms with Crippen LogP contribution in [0.3, 0.4) is 0 Å². The van der Waals surface area contributed by atoms with E-state index < -0.39 is 6.10 Å². The number of allylic oxidation sites excluding steroid dienone is 2. The van der Waals surface area contributed by atoms with Crippen LogP contribution in [0.25, 0.3) is 0 Å².